The topological polar surface area (TPSA) is 60.9 Å². The second kappa shape index (κ2) is 9.30. The number of aromatic nitrogens is 2. The molecule has 0 radical (unpaired) electrons. The summed E-state index contributed by atoms with van der Waals surface area (Å²) in [6, 6.07) is 5.87. The molecule has 1 aromatic carbocycles. The maximum Gasteiger partial charge on any atom is 0.266 e. The first-order valence-corrected chi connectivity index (χ1v) is 8.52. The molecule has 0 aliphatic carbocycles. The van der Waals surface area contributed by atoms with E-state index in [2.05, 4.69) is 4.98 Å². The van der Waals surface area contributed by atoms with Crippen molar-refractivity contribution in [3.63, 3.8) is 0 Å². The molecule has 4 nitrogen and oxygen atoms in total. The van der Waals surface area contributed by atoms with E-state index in [0.29, 0.717) is 24.5 Å². The monoisotopic (exact) mass is 361 g/mol. The van der Waals surface area contributed by atoms with Gasteiger partial charge >= 0.3 is 0 Å². The van der Waals surface area contributed by atoms with Gasteiger partial charge in [-0.2, -0.15) is 0 Å². The lowest BCUT2D eigenvalue weighted by molar-refractivity contribution is 0.624. The van der Waals surface area contributed by atoms with Crippen LogP contribution in [0.1, 0.15) is 31.2 Å². The van der Waals surface area contributed by atoms with Crippen molar-refractivity contribution in [2.45, 2.75) is 26.2 Å². The van der Waals surface area contributed by atoms with E-state index in [1.807, 2.05) is 13.0 Å². The minimum atomic E-state index is -0.418. The third-order valence-corrected chi connectivity index (χ3v) is 3.98. The Morgan fingerprint density at radius 3 is 2.88 bits per heavy atom. The summed E-state index contributed by atoms with van der Waals surface area (Å²) >= 11 is 6.23. The molecule has 0 spiro atoms. The van der Waals surface area contributed by atoms with Crippen molar-refractivity contribution in [2.75, 3.05) is 6.54 Å². The van der Waals surface area contributed by atoms with Gasteiger partial charge in [0.1, 0.15) is 11.6 Å². The Hall–Kier alpha value is -2.24. The Morgan fingerprint density at radius 2 is 2.20 bits per heavy atom. The Labute approximate surface area is 151 Å². The molecular weight excluding hydrogens is 341 g/mol. The maximum absolute atomic E-state index is 13.6. The zero-order chi connectivity index (χ0) is 18.2. The van der Waals surface area contributed by atoms with Gasteiger partial charge in [0, 0.05) is 12.6 Å². The molecule has 2 N–H and O–H groups in total. The molecule has 0 aliphatic heterocycles. The molecule has 6 heteroatoms. The lowest BCUT2D eigenvalue weighted by Gasteiger charge is -2.13. The molecular formula is C19H21ClFN3O. The number of aryl methyl sites for hydroxylation is 1. The Bertz CT molecular complexity index is 843. The van der Waals surface area contributed by atoms with Crippen LogP contribution in [0, 0.1) is 5.82 Å². The SMILES string of the molecule is C/C=C\C=C(\Cl)c1cnc(CCCCN)n(-c2cccc(F)c2)c1=O. The zero-order valence-corrected chi connectivity index (χ0v) is 14.8. The number of hydrogen-bond donors (Lipinski definition) is 1. The predicted molar refractivity (Wildman–Crippen MR) is 100 cm³/mol. The first-order chi connectivity index (χ1) is 12.1. The van der Waals surface area contributed by atoms with Gasteiger partial charge in [0.05, 0.1) is 16.3 Å². The van der Waals surface area contributed by atoms with E-state index in [9.17, 15) is 9.18 Å². The van der Waals surface area contributed by atoms with E-state index in [1.54, 1.807) is 24.3 Å². The summed E-state index contributed by atoms with van der Waals surface area (Å²) in [5.74, 6) is 0.140. The second-order valence-corrected chi connectivity index (χ2v) is 5.90. The second-order valence-electron chi connectivity index (χ2n) is 5.49. The number of nitrogens with zero attached hydrogens (tertiary/aromatic N) is 2. The molecule has 1 aromatic heterocycles. The van der Waals surface area contributed by atoms with Crippen LogP contribution in [-0.4, -0.2) is 16.1 Å². The number of hydrogen-bond acceptors (Lipinski definition) is 3. The number of halogens is 2. The standard InChI is InChI=1S/C19H21ClFN3O/c1-2-3-9-17(20)16-13-23-18(10-4-5-11-22)24(19(16)25)15-8-6-7-14(21)12-15/h2-3,6-9,12-13H,4-5,10-11,22H2,1H3/b3-2-,17-9+. The van der Waals surface area contributed by atoms with Crippen LogP contribution in [0.2, 0.25) is 0 Å². The van der Waals surface area contributed by atoms with E-state index in [-0.39, 0.29) is 16.2 Å². The van der Waals surface area contributed by atoms with Gasteiger partial charge in [-0.25, -0.2) is 9.37 Å². The lowest BCUT2D eigenvalue weighted by Crippen LogP contribution is -2.26. The van der Waals surface area contributed by atoms with Gasteiger partial charge in [-0.1, -0.05) is 29.8 Å². The molecule has 0 fully saturated rings. The summed E-state index contributed by atoms with van der Waals surface area (Å²) in [6.07, 6.45) is 8.83. The first-order valence-electron chi connectivity index (χ1n) is 8.14. The van der Waals surface area contributed by atoms with Crippen LogP contribution in [0.15, 0.2) is 53.5 Å². The first kappa shape index (κ1) is 19.1. The molecule has 0 saturated heterocycles. The van der Waals surface area contributed by atoms with E-state index >= 15 is 0 Å². The molecule has 25 heavy (non-hydrogen) atoms. The van der Waals surface area contributed by atoms with Crippen LogP contribution in [0.5, 0.6) is 0 Å². The number of allylic oxidation sites excluding steroid dienone is 3. The molecule has 1 heterocycles. The zero-order valence-electron chi connectivity index (χ0n) is 14.1. The number of unbranched alkanes of at least 4 members (excludes halogenated alkanes) is 1. The minimum absolute atomic E-state index is 0.270. The van der Waals surface area contributed by atoms with E-state index < -0.39 is 5.82 Å². The summed E-state index contributed by atoms with van der Waals surface area (Å²) in [4.78, 5) is 17.4. The summed E-state index contributed by atoms with van der Waals surface area (Å²) in [5.41, 5.74) is 5.91. The third kappa shape index (κ3) is 4.87. The summed E-state index contributed by atoms with van der Waals surface area (Å²) < 4.78 is 15.1. The molecule has 0 unspecified atom stereocenters. The van der Waals surface area contributed by atoms with Gasteiger partial charge in [-0.3, -0.25) is 9.36 Å². The van der Waals surface area contributed by atoms with Gasteiger partial charge in [0.25, 0.3) is 5.56 Å². The summed E-state index contributed by atoms with van der Waals surface area (Å²) in [7, 11) is 0. The third-order valence-electron chi connectivity index (χ3n) is 3.65. The largest absolute Gasteiger partial charge is 0.330 e. The van der Waals surface area contributed by atoms with Crippen molar-refractivity contribution in [1.82, 2.24) is 9.55 Å². The van der Waals surface area contributed by atoms with Crippen LogP contribution in [0.25, 0.3) is 10.7 Å². The van der Waals surface area contributed by atoms with Crippen molar-refractivity contribution in [2.24, 2.45) is 5.73 Å². The van der Waals surface area contributed by atoms with Crippen LogP contribution in [0.4, 0.5) is 4.39 Å². The fourth-order valence-corrected chi connectivity index (χ4v) is 2.61. The van der Waals surface area contributed by atoms with E-state index in [1.165, 1.54) is 22.9 Å². The molecule has 0 aliphatic rings. The van der Waals surface area contributed by atoms with Gasteiger partial charge in [-0.05, 0) is 50.6 Å². The Balaban J connectivity index is 2.59. The van der Waals surface area contributed by atoms with E-state index in [4.69, 9.17) is 17.3 Å². The number of nitrogens with two attached hydrogens (primary N) is 1. The number of rotatable bonds is 7. The van der Waals surface area contributed by atoms with Crippen LogP contribution >= 0.6 is 11.6 Å². The van der Waals surface area contributed by atoms with Crippen molar-refractivity contribution >= 4 is 16.6 Å². The Kier molecular flexibility index (Phi) is 7.10. The van der Waals surface area contributed by atoms with Crippen molar-refractivity contribution in [3.05, 3.63) is 76.2 Å². The number of benzene rings is 1. The van der Waals surface area contributed by atoms with Crippen molar-refractivity contribution in [3.8, 4) is 5.69 Å². The van der Waals surface area contributed by atoms with Gasteiger partial charge in [0.15, 0.2) is 0 Å². The molecule has 2 rings (SSSR count). The molecule has 0 bridgehead atoms. The van der Waals surface area contributed by atoms with Crippen molar-refractivity contribution < 1.29 is 4.39 Å². The maximum atomic E-state index is 13.6. The molecule has 132 valence electrons. The molecule has 0 amide bonds. The van der Waals surface area contributed by atoms with Gasteiger partial charge < -0.3 is 5.73 Å². The van der Waals surface area contributed by atoms with Crippen LogP contribution in [0.3, 0.4) is 0 Å². The van der Waals surface area contributed by atoms with Gasteiger partial charge in [0.2, 0.25) is 0 Å². The molecule has 0 saturated carbocycles. The highest BCUT2D eigenvalue weighted by Crippen LogP contribution is 2.18. The minimum Gasteiger partial charge on any atom is -0.330 e. The summed E-state index contributed by atoms with van der Waals surface area (Å²) in [6.45, 7) is 2.42. The Morgan fingerprint density at radius 1 is 1.40 bits per heavy atom. The highest BCUT2D eigenvalue weighted by Gasteiger charge is 2.14. The fraction of sp³-hybridized carbons (Fsp3) is 0.263. The average molecular weight is 362 g/mol. The van der Waals surface area contributed by atoms with Crippen LogP contribution in [-0.2, 0) is 6.42 Å². The highest BCUT2D eigenvalue weighted by molar-refractivity contribution is 6.48. The highest BCUT2D eigenvalue weighted by atomic mass is 35.5. The molecule has 0 atom stereocenters. The van der Waals surface area contributed by atoms with Crippen LogP contribution < -0.4 is 11.3 Å². The van der Waals surface area contributed by atoms with E-state index in [0.717, 1.165) is 12.8 Å². The van der Waals surface area contributed by atoms with Gasteiger partial charge in [-0.15, -0.1) is 0 Å². The van der Waals surface area contributed by atoms with Crippen molar-refractivity contribution in [1.29, 1.82) is 0 Å². The fourth-order valence-electron chi connectivity index (χ4n) is 2.41. The quantitative estimate of drug-likeness (QED) is 0.602. The average Bonchev–Trinajstić information content (AvgIpc) is 2.60. The molecule has 2 aromatic rings. The lowest BCUT2D eigenvalue weighted by atomic mass is 10.2. The predicted octanol–water partition coefficient (Wildman–Crippen LogP) is 3.81. The summed E-state index contributed by atoms with van der Waals surface area (Å²) in [5, 5.41) is 0.286. The normalized spacial score (nSPS) is 12.1. The smallest absolute Gasteiger partial charge is 0.266 e.